The average Bonchev–Trinajstić information content (AvgIpc) is 3.16. The van der Waals surface area contributed by atoms with E-state index >= 15 is 0 Å². The van der Waals surface area contributed by atoms with Crippen molar-refractivity contribution in [3.63, 3.8) is 0 Å². The first-order chi connectivity index (χ1) is 14.7. The molecule has 3 atom stereocenters. The predicted octanol–water partition coefficient (Wildman–Crippen LogP) is 4.46. The lowest BCUT2D eigenvalue weighted by Crippen LogP contribution is -2.20. The smallest absolute Gasteiger partial charge is 0.175 e. The van der Waals surface area contributed by atoms with Crippen LogP contribution < -0.4 is 0 Å². The number of hydrogen-bond donors (Lipinski definition) is 1. The van der Waals surface area contributed by atoms with Crippen molar-refractivity contribution in [2.45, 2.75) is 76.6 Å². The quantitative estimate of drug-likeness (QED) is 0.705. The normalized spacial score (nSPS) is 19.8. The standard InChI is InChI=1S/C13H18O4S.C11H16N2/c1-9-7-8-11(17-9)13(14)10-5-3-4-6-12(10)18(2,15)16;1-4-6-10-9(3)12-8-13-11(10)7-5-2/h3-6,9,11,13-14H,7-8H2,1-2H3;4,6,8H,5,7H2,1-3H3/b;6-4-. The van der Waals surface area contributed by atoms with Crippen molar-refractivity contribution in [3.8, 4) is 0 Å². The monoisotopic (exact) mass is 446 g/mol. The second kappa shape index (κ2) is 11.5. The molecule has 1 aromatic heterocycles. The number of allylic oxidation sites excluding steroid dienone is 1. The highest BCUT2D eigenvalue weighted by atomic mass is 32.2. The van der Waals surface area contributed by atoms with E-state index in [-0.39, 0.29) is 17.1 Å². The summed E-state index contributed by atoms with van der Waals surface area (Å²) in [7, 11) is -3.34. The molecule has 1 saturated heterocycles. The Labute approximate surface area is 186 Å². The van der Waals surface area contributed by atoms with Crippen LogP contribution in [0.5, 0.6) is 0 Å². The molecular weight excluding hydrogens is 412 g/mol. The maximum Gasteiger partial charge on any atom is 0.175 e. The SMILES string of the molecule is C/C=C\c1c(C)ncnc1CCC.CC1CCC(C(O)c2ccccc2S(C)(=O)=O)O1. The third kappa shape index (κ3) is 6.95. The second-order valence-electron chi connectivity index (χ2n) is 7.89. The van der Waals surface area contributed by atoms with Gasteiger partial charge in [-0.15, -0.1) is 0 Å². The number of nitrogens with zero attached hydrogens (tertiary/aromatic N) is 2. The van der Waals surface area contributed by atoms with Gasteiger partial charge in [0.15, 0.2) is 9.84 Å². The molecule has 1 aromatic carbocycles. The summed E-state index contributed by atoms with van der Waals surface area (Å²) in [5.41, 5.74) is 3.84. The number of hydrogen-bond acceptors (Lipinski definition) is 6. The van der Waals surface area contributed by atoms with E-state index in [1.54, 1.807) is 24.5 Å². The average molecular weight is 447 g/mol. The fourth-order valence-electron chi connectivity index (χ4n) is 3.68. The van der Waals surface area contributed by atoms with E-state index in [1.807, 2.05) is 26.8 Å². The van der Waals surface area contributed by atoms with Crippen molar-refractivity contribution in [3.05, 3.63) is 59.2 Å². The van der Waals surface area contributed by atoms with Crippen molar-refractivity contribution in [1.29, 1.82) is 0 Å². The maximum atomic E-state index is 11.7. The van der Waals surface area contributed by atoms with E-state index in [0.29, 0.717) is 5.56 Å². The van der Waals surface area contributed by atoms with Crippen molar-refractivity contribution in [2.24, 2.45) is 0 Å². The van der Waals surface area contributed by atoms with Gasteiger partial charge in [-0.2, -0.15) is 0 Å². The summed E-state index contributed by atoms with van der Waals surface area (Å²) >= 11 is 0. The van der Waals surface area contributed by atoms with Gasteiger partial charge in [0.2, 0.25) is 0 Å². The van der Waals surface area contributed by atoms with Crippen LogP contribution in [0, 0.1) is 6.92 Å². The summed E-state index contributed by atoms with van der Waals surface area (Å²) in [4.78, 5) is 8.64. The Kier molecular flexibility index (Phi) is 9.34. The summed E-state index contributed by atoms with van der Waals surface area (Å²) < 4.78 is 29.0. The lowest BCUT2D eigenvalue weighted by atomic mass is 10.0. The van der Waals surface area contributed by atoms with Gasteiger partial charge in [0.1, 0.15) is 12.4 Å². The van der Waals surface area contributed by atoms with Gasteiger partial charge in [-0.05, 0) is 46.1 Å². The van der Waals surface area contributed by atoms with E-state index in [9.17, 15) is 13.5 Å². The minimum atomic E-state index is -3.34. The first-order valence-electron chi connectivity index (χ1n) is 10.7. The van der Waals surface area contributed by atoms with E-state index < -0.39 is 15.9 Å². The van der Waals surface area contributed by atoms with Gasteiger partial charge in [0.25, 0.3) is 0 Å². The molecule has 0 radical (unpaired) electrons. The number of benzene rings is 1. The minimum Gasteiger partial charge on any atom is -0.386 e. The number of sulfone groups is 1. The van der Waals surface area contributed by atoms with Gasteiger partial charge in [0, 0.05) is 23.1 Å². The first-order valence-corrected chi connectivity index (χ1v) is 12.6. The molecule has 3 unspecified atom stereocenters. The first kappa shape index (κ1) is 25.2. The third-order valence-corrected chi connectivity index (χ3v) is 6.41. The largest absolute Gasteiger partial charge is 0.386 e. The number of aryl methyl sites for hydroxylation is 2. The minimum absolute atomic E-state index is 0.120. The summed E-state index contributed by atoms with van der Waals surface area (Å²) in [5.74, 6) is 0. The van der Waals surface area contributed by atoms with Gasteiger partial charge in [-0.3, -0.25) is 0 Å². The Bertz CT molecular complexity index is 989. The lowest BCUT2D eigenvalue weighted by Gasteiger charge is -2.20. The highest BCUT2D eigenvalue weighted by Crippen LogP contribution is 2.32. The molecule has 7 heteroatoms. The number of rotatable bonds is 6. The van der Waals surface area contributed by atoms with Crippen LogP contribution in [0.3, 0.4) is 0 Å². The van der Waals surface area contributed by atoms with Crippen LogP contribution in [0.15, 0.2) is 41.6 Å². The van der Waals surface area contributed by atoms with Crippen LogP contribution in [0.25, 0.3) is 6.08 Å². The zero-order chi connectivity index (χ0) is 23.0. The number of ether oxygens (including phenoxy) is 1. The summed E-state index contributed by atoms with van der Waals surface area (Å²) in [6.07, 6.45) is 9.63. The molecule has 0 aliphatic carbocycles. The van der Waals surface area contributed by atoms with Gasteiger partial charge in [-0.1, -0.05) is 43.7 Å². The summed E-state index contributed by atoms with van der Waals surface area (Å²) in [6.45, 7) is 8.16. The van der Waals surface area contributed by atoms with Crippen molar-refractivity contribution in [1.82, 2.24) is 9.97 Å². The Morgan fingerprint density at radius 1 is 1.26 bits per heavy atom. The number of aliphatic hydroxyl groups excluding tert-OH is 1. The molecule has 1 aliphatic rings. The highest BCUT2D eigenvalue weighted by molar-refractivity contribution is 7.90. The van der Waals surface area contributed by atoms with Crippen molar-refractivity contribution >= 4 is 15.9 Å². The molecule has 1 aliphatic heterocycles. The summed E-state index contributed by atoms with van der Waals surface area (Å²) in [6, 6.07) is 6.55. The topological polar surface area (TPSA) is 89.4 Å². The Hall–Kier alpha value is -2.09. The molecular formula is C24H34N2O4S. The molecule has 170 valence electrons. The lowest BCUT2D eigenvalue weighted by molar-refractivity contribution is -0.0308. The third-order valence-electron chi connectivity index (χ3n) is 5.24. The van der Waals surface area contributed by atoms with Crippen LogP contribution in [0.4, 0.5) is 0 Å². The van der Waals surface area contributed by atoms with E-state index in [4.69, 9.17) is 4.74 Å². The van der Waals surface area contributed by atoms with E-state index in [0.717, 1.165) is 43.3 Å². The zero-order valence-corrected chi connectivity index (χ0v) is 19.9. The van der Waals surface area contributed by atoms with Crippen LogP contribution >= 0.6 is 0 Å². The number of aromatic nitrogens is 2. The Morgan fingerprint density at radius 3 is 2.55 bits per heavy atom. The van der Waals surface area contributed by atoms with Gasteiger partial charge in [-0.25, -0.2) is 18.4 Å². The van der Waals surface area contributed by atoms with Crippen LogP contribution in [0.2, 0.25) is 0 Å². The zero-order valence-electron chi connectivity index (χ0n) is 19.1. The van der Waals surface area contributed by atoms with E-state index in [2.05, 4.69) is 23.0 Å². The molecule has 0 bridgehead atoms. The molecule has 2 aromatic rings. The van der Waals surface area contributed by atoms with Gasteiger partial charge in [0.05, 0.1) is 22.8 Å². The van der Waals surface area contributed by atoms with Crippen molar-refractivity contribution < 1.29 is 18.3 Å². The molecule has 1 N–H and O–H groups in total. The summed E-state index contributed by atoms with van der Waals surface area (Å²) in [5, 5.41) is 10.3. The van der Waals surface area contributed by atoms with E-state index in [1.165, 1.54) is 11.6 Å². The fourth-order valence-corrected chi connectivity index (χ4v) is 4.62. The maximum absolute atomic E-state index is 11.7. The van der Waals surface area contributed by atoms with Crippen LogP contribution in [-0.4, -0.2) is 42.0 Å². The van der Waals surface area contributed by atoms with Gasteiger partial charge < -0.3 is 9.84 Å². The van der Waals surface area contributed by atoms with Crippen molar-refractivity contribution in [2.75, 3.05) is 6.26 Å². The molecule has 31 heavy (non-hydrogen) atoms. The molecule has 6 nitrogen and oxygen atoms in total. The number of aliphatic hydroxyl groups is 1. The van der Waals surface area contributed by atoms with Gasteiger partial charge >= 0.3 is 0 Å². The molecule has 1 fully saturated rings. The highest BCUT2D eigenvalue weighted by Gasteiger charge is 2.31. The molecule has 2 heterocycles. The predicted molar refractivity (Wildman–Crippen MR) is 124 cm³/mol. The van der Waals surface area contributed by atoms with Crippen LogP contribution in [-0.2, 0) is 21.0 Å². The molecule has 3 rings (SSSR count). The molecule has 0 amide bonds. The Balaban J connectivity index is 0.000000233. The van der Waals surface area contributed by atoms with Crippen LogP contribution in [0.1, 0.15) is 68.7 Å². The molecule has 0 saturated carbocycles. The molecule has 0 spiro atoms. The Morgan fingerprint density at radius 2 is 1.97 bits per heavy atom. The fraction of sp³-hybridized carbons (Fsp3) is 0.500. The second-order valence-corrected chi connectivity index (χ2v) is 9.87.